The monoisotopic (exact) mass is 960 g/mol. The third-order valence-corrected chi connectivity index (χ3v) is 9.41. The number of aromatic nitrogens is 2. The summed E-state index contributed by atoms with van der Waals surface area (Å²) in [5.74, 6) is -4.41. The maximum Gasteiger partial charge on any atom is 1.00 e. The predicted molar refractivity (Wildman–Crippen MR) is 178 cm³/mol. The van der Waals surface area contributed by atoms with Crippen LogP contribution in [0.25, 0.3) is 11.8 Å². The number of nitrogens with zero attached hydrogens (tertiary/aromatic N) is 4. The number of aromatic carboxylic acids is 1. The van der Waals surface area contributed by atoms with Gasteiger partial charge in [0, 0.05) is 7.14 Å². The molecule has 1 amide bonds. The van der Waals surface area contributed by atoms with Gasteiger partial charge in [-0.15, -0.1) is 0 Å². The van der Waals surface area contributed by atoms with E-state index in [2.05, 4.69) is 10.2 Å². The Balaban J connectivity index is 0.00000417. The van der Waals surface area contributed by atoms with Crippen LogP contribution < -0.4 is 64.1 Å². The van der Waals surface area contributed by atoms with Crippen LogP contribution in [-0.2, 0) is 29.8 Å². The molecule has 49 heavy (non-hydrogen) atoms. The van der Waals surface area contributed by atoms with Gasteiger partial charge in [-0.3, -0.25) is 4.79 Å². The van der Waals surface area contributed by atoms with Crippen molar-refractivity contribution < 1.29 is 115 Å². The van der Waals surface area contributed by atoms with Crippen LogP contribution in [0.1, 0.15) is 16.1 Å². The van der Waals surface area contributed by atoms with Crippen molar-refractivity contribution in [1.82, 2.24) is 9.78 Å². The van der Waals surface area contributed by atoms with Crippen LogP contribution in [0.4, 0.5) is 5.69 Å². The van der Waals surface area contributed by atoms with Gasteiger partial charge < -0.3 is 24.4 Å². The van der Waals surface area contributed by atoms with Crippen molar-refractivity contribution in [3.63, 3.8) is 0 Å². The SMILES string of the molecule is O=C(O)C1=NN(c2ccc(S(=O)(=O)[O-])cc2[131I])C(=O)\C1=C/C=C/C=C/C=C/c1c(C(=O)O)nn(-c2ccc(S(=O)(=O)[O-])cc2[131I])c1O.[Na+].[Na+]. The van der Waals surface area contributed by atoms with Crippen LogP contribution in [0.3, 0.4) is 0 Å². The number of halogens is 2. The summed E-state index contributed by atoms with van der Waals surface area (Å²) in [6.45, 7) is 0. The Hall–Kier alpha value is -2.23. The smallest absolute Gasteiger partial charge is 0.744 e. The maximum absolute atomic E-state index is 13.0. The van der Waals surface area contributed by atoms with E-state index in [9.17, 15) is 55.6 Å². The third kappa shape index (κ3) is 9.97. The van der Waals surface area contributed by atoms with Crippen LogP contribution in [0.15, 0.2) is 93.3 Å². The van der Waals surface area contributed by atoms with Crippen molar-refractivity contribution in [2.24, 2.45) is 5.10 Å². The van der Waals surface area contributed by atoms with Crippen LogP contribution >= 0.6 is 45.2 Å². The van der Waals surface area contributed by atoms with Crippen molar-refractivity contribution in [1.29, 1.82) is 0 Å². The van der Waals surface area contributed by atoms with E-state index in [1.807, 2.05) is 0 Å². The first-order valence-electron chi connectivity index (χ1n) is 12.4. The number of aliphatic carboxylic acids is 1. The average Bonchev–Trinajstić information content (AvgIpc) is 3.48. The molecule has 0 spiro atoms. The summed E-state index contributed by atoms with van der Waals surface area (Å²) in [4.78, 5) is 35.5. The Bertz CT molecular complexity index is 2230. The number of carbonyl (C=O) groups is 3. The van der Waals surface area contributed by atoms with E-state index in [0.29, 0.717) is 0 Å². The molecule has 244 valence electrons. The molecule has 1 aromatic heterocycles. The second-order valence-corrected chi connectivity index (χ2v) is 14.1. The second kappa shape index (κ2) is 17.3. The number of hydrazone groups is 1. The third-order valence-electron chi connectivity index (χ3n) is 6.02. The van der Waals surface area contributed by atoms with Crippen LogP contribution in [-0.4, -0.2) is 74.6 Å². The van der Waals surface area contributed by atoms with Gasteiger partial charge in [0.05, 0.1) is 32.3 Å². The first-order valence-corrected chi connectivity index (χ1v) is 17.3. The number of hydrogen-bond donors (Lipinski definition) is 3. The minimum Gasteiger partial charge on any atom is -0.744 e. The van der Waals surface area contributed by atoms with Crippen molar-refractivity contribution >= 4 is 101 Å². The predicted octanol–water partition coefficient (Wildman–Crippen LogP) is -3.16. The molecule has 0 unspecified atom stereocenters. The number of carboxylic acid groups (broad SMARTS) is 2. The molecule has 0 saturated carbocycles. The molecule has 2 aromatic carbocycles. The molecule has 2 heterocycles. The molecule has 0 fully saturated rings. The number of allylic oxidation sites excluding steroid dienone is 6. The molecule has 3 N–H and O–H groups in total. The summed E-state index contributed by atoms with van der Waals surface area (Å²) in [7, 11) is -9.52. The fraction of sp³-hybridized carbons (Fsp3) is 0. The number of benzene rings is 2. The van der Waals surface area contributed by atoms with Gasteiger partial charge in [0.15, 0.2) is 11.4 Å². The Morgan fingerprint density at radius 1 is 0.796 bits per heavy atom. The Morgan fingerprint density at radius 3 is 1.80 bits per heavy atom. The van der Waals surface area contributed by atoms with E-state index in [1.165, 1.54) is 48.6 Å². The molecular formula is C27H16I2N4Na2O12S2. The van der Waals surface area contributed by atoms with E-state index in [1.54, 1.807) is 45.2 Å². The van der Waals surface area contributed by atoms with E-state index >= 15 is 0 Å². The maximum atomic E-state index is 13.0. The second-order valence-electron chi connectivity index (χ2n) is 9.02. The summed E-state index contributed by atoms with van der Waals surface area (Å²) in [5, 5.41) is 38.3. The summed E-state index contributed by atoms with van der Waals surface area (Å²) in [6.07, 6.45) is 9.33. The summed E-state index contributed by atoms with van der Waals surface area (Å²) < 4.78 is 68.9. The number of anilines is 1. The van der Waals surface area contributed by atoms with Crippen LogP contribution in [0, 0.1) is 7.14 Å². The van der Waals surface area contributed by atoms with Crippen molar-refractivity contribution in [2.45, 2.75) is 9.79 Å². The van der Waals surface area contributed by atoms with Crippen LogP contribution in [0.2, 0.25) is 0 Å². The molecule has 0 aliphatic carbocycles. The normalized spacial score (nSPS) is 14.4. The first-order chi connectivity index (χ1) is 21.9. The number of carbonyl (C=O) groups excluding carboxylic acids is 1. The molecule has 1 aliphatic rings. The van der Waals surface area contributed by atoms with Crippen LogP contribution in [0.5, 0.6) is 5.88 Å². The number of amides is 1. The minimum absolute atomic E-state index is 0. The summed E-state index contributed by atoms with van der Waals surface area (Å²) in [5.41, 5.74) is -1.46. The number of aromatic hydroxyl groups is 1. The van der Waals surface area contributed by atoms with E-state index in [0.717, 1.165) is 40.0 Å². The largest absolute Gasteiger partial charge is 1.00 e. The zero-order valence-electron chi connectivity index (χ0n) is 24.9. The van der Waals surface area contributed by atoms with Crippen molar-refractivity contribution in [3.8, 4) is 11.6 Å². The van der Waals surface area contributed by atoms with Gasteiger partial charge in [-0.05, 0) is 93.7 Å². The molecule has 0 atom stereocenters. The average molecular weight is 960 g/mol. The Labute approximate surface area is 349 Å². The van der Waals surface area contributed by atoms with E-state index < -0.39 is 65.2 Å². The molecule has 1 aliphatic heterocycles. The molecule has 0 saturated heterocycles. The van der Waals surface area contributed by atoms with Gasteiger partial charge in [-0.25, -0.2) is 26.4 Å². The summed E-state index contributed by atoms with van der Waals surface area (Å²) in [6, 6.07) is 6.36. The van der Waals surface area contributed by atoms with Crippen molar-refractivity contribution in [2.75, 3.05) is 5.01 Å². The Kier molecular flexibility index (Phi) is 15.2. The molecule has 0 radical (unpaired) electrons. The van der Waals surface area contributed by atoms with Gasteiger partial charge in [0.2, 0.25) is 5.88 Å². The molecule has 0 bridgehead atoms. The van der Waals surface area contributed by atoms with Gasteiger partial charge in [0.25, 0.3) is 5.91 Å². The van der Waals surface area contributed by atoms with Gasteiger partial charge in [0.1, 0.15) is 20.2 Å². The fourth-order valence-corrected chi connectivity index (χ4v) is 6.82. The topological polar surface area (TPSA) is 260 Å². The molecular weight excluding hydrogens is 944 g/mol. The zero-order chi connectivity index (χ0) is 34.8. The summed E-state index contributed by atoms with van der Waals surface area (Å²) >= 11 is 3.38. The molecule has 22 heteroatoms. The van der Waals surface area contributed by atoms with E-state index in [4.69, 9.17) is 0 Å². The van der Waals surface area contributed by atoms with Gasteiger partial charge in [-0.2, -0.15) is 19.9 Å². The Morgan fingerprint density at radius 2 is 1.31 bits per heavy atom. The molecule has 4 rings (SSSR count). The number of carboxylic acids is 2. The fourth-order valence-electron chi connectivity index (χ4n) is 3.91. The number of rotatable bonds is 10. The minimum atomic E-state index is -4.77. The van der Waals surface area contributed by atoms with Gasteiger partial charge >= 0.3 is 71.1 Å². The number of hydrogen-bond acceptors (Lipinski definition) is 12. The standard InChI is InChI=1S/C27H18I2N4O12S2.2Na/c28-18-12-14(46(40,41)42)8-10-20(18)32-24(34)16(22(30-32)26(36)37)6-4-2-1-3-5-7-17-23(27(38)39)31-33(25(17)35)21-11-9-15(13-19(21)29)47(43,44)45;;/h1-13,34H,(H,36,37)(H,38,39)(H,40,41,42)(H,43,44,45);;/q;2*+1/p-2/b2-1+,5-3+,6-4+,17-7-;;/i28+4,29+4;;. The first kappa shape index (κ1) is 42.9. The van der Waals surface area contributed by atoms with E-state index in [-0.39, 0.29) is 88.8 Å². The molecule has 3 aromatic rings. The quantitative estimate of drug-likeness (QED) is 0.0597. The van der Waals surface area contributed by atoms with Crippen molar-refractivity contribution in [3.05, 3.63) is 96.8 Å². The molecule has 16 nitrogen and oxygen atoms in total. The van der Waals surface area contributed by atoms with Gasteiger partial charge in [-0.1, -0.05) is 30.4 Å². The zero-order valence-corrected chi connectivity index (χ0v) is 34.8.